The molecule has 172 valence electrons. The first kappa shape index (κ1) is 24.3. The Morgan fingerprint density at radius 3 is 2.78 bits per heavy atom. The molecule has 0 radical (unpaired) electrons. The van der Waals surface area contributed by atoms with Gasteiger partial charge in [0, 0.05) is 31.7 Å². The fraction of sp³-hybridized carbons (Fsp3) is 0.500. The molecule has 1 aliphatic carbocycles. The van der Waals surface area contributed by atoms with Crippen LogP contribution in [0.3, 0.4) is 0 Å². The quantitative estimate of drug-likeness (QED) is 0.321. The number of amides is 1. The maximum absolute atomic E-state index is 11.8. The van der Waals surface area contributed by atoms with E-state index in [0.717, 1.165) is 74.8 Å². The number of nitrogens with one attached hydrogen (secondary N) is 1. The molecule has 32 heavy (non-hydrogen) atoms. The summed E-state index contributed by atoms with van der Waals surface area (Å²) < 4.78 is 2.30. The molecule has 1 N–H and O–H groups in total. The number of rotatable bonds is 13. The van der Waals surface area contributed by atoms with Gasteiger partial charge in [-0.25, -0.2) is 0 Å². The Labute approximate surface area is 196 Å². The Bertz CT molecular complexity index is 917. The van der Waals surface area contributed by atoms with E-state index in [0.29, 0.717) is 6.42 Å². The monoisotopic (exact) mass is 452 g/mol. The van der Waals surface area contributed by atoms with E-state index < -0.39 is 0 Å². The molecule has 0 aliphatic heterocycles. The number of nitrogens with zero attached hydrogens (tertiary/aromatic N) is 3. The summed E-state index contributed by atoms with van der Waals surface area (Å²) in [7, 11) is 0. The lowest BCUT2D eigenvalue weighted by atomic mass is 10.0. The molecule has 1 aliphatic rings. The first-order valence-corrected chi connectivity index (χ1v) is 12.9. The van der Waals surface area contributed by atoms with E-state index in [1.165, 1.54) is 16.7 Å². The van der Waals surface area contributed by atoms with E-state index in [-0.39, 0.29) is 5.91 Å². The third-order valence-corrected chi connectivity index (χ3v) is 6.85. The van der Waals surface area contributed by atoms with Gasteiger partial charge in [-0.3, -0.25) is 4.79 Å². The summed E-state index contributed by atoms with van der Waals surface area (Å²) in [6.45, 7) is 5.91. The van der Waals surface area contributed by atoms with Gasteiger partial charge in [0.15, 0.2) is 5.16 Å². The van der Waals surface area contributed by atoms with Crippen molar-refractivity contribution >= 4 is 17.7 Å². The zero-order valence-electron chi connectivity index (χ0n) is 19.5. The van der Waals surface area contributed by atoms with Crippen molar-refractivity contribution in [2.24, 2.45) is 0 Å². The van der Waals surface area contributed by atoms with Crippen molar-refractivity contribution in [3.8, 4) is 0 Å². The number of carbonyl (C=O) groups is 1. The van der Waals surface area contributed by atoms with Crippen molar-refractivity contribution in [3.63, 3.8) is 0 Å². The lowest BCUT2D eigenvalue weighted by Crippen LogP contribution is -2.23. The van der Waals surface area contributed by atoms with Crippen LogP contribution in [-0.4, -0.2) is 33.0 Å². The fourth-order valence-corrected chi connectivity index (χ4v) is 4.94. The number of aromatic nitrogens is 3. The number of carbonyl (C=O) groups excluding carboxylic acids is 1. The molecular weight excluding hydrogens is 416 g/mol. The summed E-state index contributed by atoms with van der Waals surface area (Å²) in [4.78, 5) is 11.8. The minimum atomic E-state index is 0.152. The zero-order valence-corrected chi connectivity index (χ0v) is 20.3. The average Bonchev–Trinajstić information content (AvgIpc) is 3.20. The Morgan fingerprint density at radius 1 is 1.16 bits per heavy atom. The molecule has 1 heterocycles. The SMILES string of the molecule is CCCNC(=O)CCCCc1nnc(SCC2=C(C)C=CCC2)n1CCc1ccccc1. The van der Waals surface area contributed by atoms with Gasteiger partial charge in [0.25, 0.3) is 0 Å². The summed E-state index contributed by atoms with van der Waals surface area (Å²) in [5.41, 5.74) is 4.22. The molecule has 3 rings (SSSR count). The third kappa shape index (κ3) is 7.66. The standard InChI is InChI=1S/C26H36N4OS/c1-3-18-27-25(31)16-10-9-15-24-28-29-26(32-20-23-14-8-7-11-21(23)2)30(24)19-17-22-12-5-4-6-13-22/h4-7,11-13H,3,8-10,14-20H2,1-2H3,(H,27,31). The van der Waals surface area contributed by atoms with Crippen LogP contribution < -0.4 is 5.32 Å². The zero-order chi connectivity index (χ0) is 22.6. The summed E-state index contributed by atoms with van der Waals surface area (Å²) in [5, 5.41) is 13.0. The maximum atomic E-state index is 11.8. The van der Waals surface area contributed by atoms with Crippen molar-refractivity contribution < 1.29 is 4.79 Å². The van der Waals surface area contributed by atoms with E-state index in [4.69, 9.17) is 0 Å². The van der Waals surface area contributed by atoms with Crippen LogP contribution in [0.5, 0.6) is 0 Å². The smallest absolute Gasteiger partial charge is 0.219 e. The van der Waals surface area contributed by atoms with Gasteiger partial charge in [-0.05, 0) is 51.0 Å². The summed E-state index contributed by atoms with van der Waals surface area (Å²) in [6.07, 6.45) is 12.0. The van der Waals surface area contributed by atoms with Crippen molar-refractivity contribution in [1.82, 2.24) is 20.1 Å². The second-order valence-corrected chi connectivity index (χ2v) is 9.30. The fourth-order valence-electron chi connectivity index (χ4n) is 3.81. The second-order valence-electron chi connectivity index (χ2n) is 8.36. The first-order valence-electron chi connectivity index (χ1n) is 11.9. The predicted molar refractivity (Wildman–Crippen MR) is 133 cm³/mol. The number of hydrogen-bond acceptors (Lipinski definition) is 4. The molecular formula is C26H36N4OS. The molecule has 1 amide bonds. The second kappa shape index (κ2) is 13.3. The van der Waals surface area contributed by atoms with E-state index in [1.54, 1.807) is 11.8 Å². The summed E-state index contributed by atoms with van der Waals surface area (Å²) in [5.74, 6) is 2.16. The van der Waals surface area contributed by atoms with Crippen LogP contribution in [0.25, 0.3) is 0 Å². The average molecular weight is 453 g/mol. The van der Waals surface area contributed by atoms with Gasteiger partial charge in [0.1, 0.15) is 5.82 Å². The molecule has 0 saturated heterocycles. The Balaban J connectivity index is 1.61. The third-order valence-electron chi connectivity index (χ3n) is 5.80. The highest BCUT2D eigenvalue weighted by molar-refractivity contribution is 7.99. The van der Waals surface area contributed by atoms with Crippen LogP contribution in [-0.2, 0) is 24.2 Å². The number of thioether (sulfide) groups is 1. The predicted octanol–water partition coefficient (Wildman–Crippen LogP) is 5.52. The molecule has 0 atom stereocenters. The normalized spacial score (nSPS) is 13.6. The van der Waals surface area contributed by atoms with E-state index in [9.17, 15) is 4.79 Å². The minimum Gasteiger partial charge on any atom is -0.356 e. The van der Waals surface area contributed by atoms with Gasteiger partial charge < -0.3 is 9.88 Å². The van der Waals surface area contributed by atoms with Crippen LogP contribution in [0.4, 0.5) is 0 Å². The highest BCUT2D eigenvalue weighted by Crippen LogP contribution is 2.27. The number of unbranched alkanes of at least 4 members (excludes halogenated alkanes) is 1. The molecule has 1 aromatic carbocycles. The summed E-state index contributed by atoms with van der Waals surface area (Å²) in [6, 6.07) is 10.6. The van der Waals surface area contributed by atoms with Gasteiger partial charge in [-0.1, -0.05) is 72.3 Å². The van der Waals surface area contributed by atoms with Crippen molar-refractivity contribution in [3.05, 3.63) is 65.0 Å². The molecule has 6 heteroatoms. The molecule has 0 saturated carbocycles. The largest absolute Gasteiger partial charge is 0.356 e. The maximum Gasteiger partial charge on any atom is 0.219 e. The molecule has 0 unspecified atom stereocenters. The lowest BCUT2D eigenvalue weighted by Gasteiger charge is -2.14. The van der Waals surface area contributed by atoms with Gasteiger partial charge in [0.05, 0.1) is 0 Å². The molecule has 2 aromatic rings. The number of aryl methyl sites for hydroxylation is 2. The van der Waals surface area contributed by atoms with Gasteiger partial charge >= 0.3 is 0 Å². The van der Waals surface area contributed by atoms with Crippen molar-refractivity contribution in [2.45, 2.75) is 76.9 Å². The van der Waals surface area contributed by atoms with Crippen molar-refractivity contribution in [2.75, 3.05) is 12.3 Å². The summed E-state index contributed by atoms with van der Waals surface area (Å²) >= 11 is 1.80. The topological polar surface area (TPSA) is 59.8 Å². The number of benzene rings is 1. The van der Waals surface area contributed by atoms with Crippen LogP contribution in [0.1, 0.15) is 63.8 Å². The molecule has 5 nitrogen and oxygen atoms in total. The van der Waals surface area contributed by atoms with Gasteiger partial charge in [0.2, 0.25) is 5.91 Å². The van der Waals surface area contributed by atoms with Crippen LogP contribution in [0, 0.1) is 0 Å². The van der Waals surface area contributed by atoms with Crippen LogP contribution >= 0.6 is 11.8 Å². The van der Waals surface area contributed by atoms with Crippen LogP contribution in [0.15, 0.2) is 58.8 Å². The Morgan fingerprint density at radius 2 is 2.00 bits per heavy atom. The molecule has 1 aromatic heterocycles. The first-order chi connectivity index (χ1) is 15.7. The van der Waals surface area contributed by atoms with E-state index in [2.05, 4.69) is 76.4 Å². The molecule has 0 spiro atoms. The van der Waals surface area contributed by atoms with Gasteiger partial charge in [-0.15, -0.1) is 10.2 Å². The molecule has 0 fully saturated rings. The lowest BCUT2D eigenvalue weighted by molar-refractivity contribution is -0.121. The van der Waals surface area contributed by atoms with Crippen LogP contribution in [0.2, 0.25) is 0 Å². The molecule has 0 bridgehead atoms. The number of hydrogen-bond donors (Lipinski definition) is 1. The minimum absolute atomic E-state index is 0.152. The van der Waals surface area contributed by atoms with Gasteiger partial charge in [-0.2, -0.15) is 0 Å². The Kier molecular flexibility index (Phi) is 10.1. The highest BCUT2D eigenvalue weighted by atomic mass is 32.2. The van der Waals surface area contributed by atoms with E-state index >= 15 is 0 Å². The Hall–Kier alpha value is -2.34. The van der Waals surface area contributed by atoms with E-state index in [1.807, 2.05) is 0 Å². The highest BCUT2D eigenvalue weighted by Gasteiger charge is 2.15. The van der Waals surface area contributed by atoms with Crippen molar-refractivity contribution in [1.29, 1.82) is 0 Å². The number of allylic oxidation sites excluding steroid dienone is 3.